The summed E-state index contributed by atoms with van der Waals surface area (Å²) in [6, 6.07) is 10.3. The molecule has 0 aliphatic carbocycles. The van der Waals surface area contributed by atoms with Gasteiger partial charge in [0.1, 0.15) is 0 Å². The molecule has 0 spiro atoms. The van der Waals surface area contributed by atoms with Crippen molar-refractivity contribution in [2.75, 3.05) is 26.7 Å². The van der Waals surface area contributed by atoms with E-state index < -0.39 is 0 Å². The van der Waals surface area contributed by atoms with E-state index in [0.717, 1.165) is 38.4 Å². The average Bonchev–Trinajstić information content (AvgIpc) is 2.58. The quantitative estimate of drug-likeness (QED) is 0.734. The number of hydrogen-bond acceptors (Lipinski definition) is 3. The van der Waals surface area contributed by atoms with Crippen LogP contribution in [0.4, 0.5) is 0 Å². The molecule has 1 amide bonds. The molecule has 1 N–H and O–H groups in total. The third-order valence-electron chi connectivity index (χ3n) is 4.58. The number of benzene rings is 1. The molecule has 0 aromatic heterocycles. The molecule has 0 saturated carbocycles. The van der Waals surface area contributed by atoms with Gasteiger partial charge in [0, 0.05) is 18.0 Å². The first-order valence-corrected chi connectivity index (χ1v) is 9.65. The maximum absolute atomic E-state index is 13.0. The normalized spacial score (nSPS) is 16.8. The first kappa shape index (κ1) is 21.3. The van der Waals surface area contributed by atoms with E-state index in [1.807, 2.05) is 25.2 Å². The third-order valence-corrected chi connectivity index (χ3v) is 6.13. The Hall–Kier alpha value is -0.710. The van der Waals surface area contributed by atoms with Gasteiger partial charge in [-0.3, -0.25) is 4.79 Å². The number of halogens is 1. The number of nitrogens with zero attached hydrogens (tertiary/aromatic N) is 1. The zero-order valence-corrected chi connectivity index (χ0v) is 16.7. The molecule has 5 heteroatoms. The van der Waals surface area contributed by atoms with E-state index in [-0.39, 0.29) is 17.7 Å². The van der Waals surface area contributed by atoms with E-state index in [4.69, 9.17) is 0 Å². The lowest BCUT2D eigenvalue weighted by Crippen LogP contribution is -2.44. The van der Waals surface area contributed by atoms with Crippen LogP contribution in [-0.4, -0.2) is 42.7 Å². The number of rotatable bonds is 7. The van der Waals surface area contributed by atoms with E-state index in [2.05, 4.69) is 36.2 Å². The van der Waals surface area contributed by atoms with Gasteiger partial charge < -0.3 is 10.2 Å². The monoisotopic (exact) mass is 370 g/mol. The van der Waals surface area contributed by atoms with Crippen molar-refractivity contribution in [2.45, 2.75) is 43.3 Å². The van der Waals surface area contributed by atoms with Crippen molar-refractivity contribution in [2.24, 2.45) is 11.8 Å². The number of likely N-dealkylation sites (tertiary alicyclic amines) is 1. The summed E-state index contributed by atoms with van der Waals surface area (Å²) in [5.41, 5.74) is 0. The highest BCUT2D eigenvalue weighted by Crippen LogP contribution is 2.31. The molecule has 1 aliphatic rings. The zero-order valence-electron chi connectivity index (χ0n) is 15.0. The van der Waals surface area contributed by atoms with Crippen LogP contribution in [0.3, 0.4) is 0 Å². The van der Waals surface area contributed by atoms with Gasteiger partial charge in [-0.05, 0) is 56.8 Å². The Morgan fingerprint density at radius 3 is 2.42 bits per heavy atom. The Kier molecular flexibility index (Phi) is 9.79. The fourth-order valence-electron chi connectivity index (χ4n) is 3.09. The summed E-state index contributed by atoms with van der Waals surface area (Å²) in [5.74, 6) is 1.43. The molecule has 1 aromatic carbocycles. The van der Waals surface area contributed by atoms with Crippen molar-refractivity contribution in [3.63, 3.8) is 0 Å². The van der Waals surface area contributed by atoms with Gasteiger partial charge in [0.2, 0.25) is 5.91 Å². The van der Waals surface area contributed by atoms with Gasteiger partial charge in [0.15, 0.2) is 0 Å². The summed E-state index contributed by atoms with van der Waals surface area (Å²) < 4.78 is 0. The molecule has 136 valence electrons. The predicted molar refractivity (Wildman–Crippen MR) is 106 cm³/mol. The first-order chi connectivity index (χ1) is 11.1. The summed E-state index contributed by atoms with van der Waals surface area (Å²) in [6.07, 6.45) is 3.52. The molecule has 1 unspecified atom stereocenters. The number of piperidine rings is 1. The van der Waals surface area contributed by atoms with E-state index >= 15 is 0 Å². The molecule has 3 nitrogen and oxygen atoms in total. The summed E-state index contributed by atoms with van der Waals surface area (Å²) in [6.45, 7) is 7.23. The number of nitrogens with one attached hydrogen (secondary N) is 1. The minimum atomic E-state index is 0. The van der Waals surface area contributed by atoms with Crippen molar-refractivity contribution < 1.29 is 4.79 Å². The van der Waals surface area contributed by atoms with Gasteiger partial charge in [-0.2, -0.15) is 0 Å². The van der Waals surface area contributed by atoms with Gasteiger partial charge in [-0.1, -0.05) is 32.0 Å². The highest BCUT2D eigenvalue weighted by Gasteiger charge is 2.30. The Labute approximate surface area is 157 Å². The van der Waals surface area contributed by atoms with Gasteiger partial charge in [0.05, 0.1) is 5.25 Å². The highest BCUT2D eigenvalue weighted by molar-refractivity contribution is 8.00. The fourth-order valence-corrected chi connectivity index (χ4v) is 4.22. The lowest BCUT2D eigenvalue weighted by Gasteiger charge is -2.35. The second-order valence-electron chi connectivity index (χ2n) is 6.76. The zero-order chi connectivity index (χ0) is 16.7. The van der Waals surface area contributed by atoms with Crippen LogP contribution in [0.15, 0.2) is 35.2 Å². The van der Waals surface area contributed by atoms with Gasteiger partial charge in [0.25, 0.3) is 0 Å². The van der Waals surface area contributed by atoms with Crippen LogP contribution in [0.25, 0.3) is 0 Å². The number of carbonyl (C=O) groups is 1. The maximum atomic E-state index is 13.0. The Morgan fingerprint density at radius 1 is 1.25 bits per heavy atom. The maximum Gasteiger partial charge on any atom is 0.236 e. The van der Waals surface area contributed by atoms with Gasteiger partial charge in [-0.25, -0.2) is 0 Å². The van der Waals surface area contributed by atoms with Crippen LogP contribution < -0.4 is 5.32 Å². The van der Waals surface area contributed by atoms with Crippen molar-refractivity contribution in [3.8, 4) is 0 Å². The van der Waals surface area contributed by atoms with E-state index in [1.165, 1.54) is 11.3 Å². The molecular weight excluding hydrogens is 340 g/mol. The summed E-state index contributed by atoms with van der Waals surface area (Å²) >= 11 is 1.71. The van der Waals surface area contributed by atoms with Crippen LogP contribution in [0.2, 0.25) is 0 Å². The minimum absolute atomic E-state index is 0. The Morgan fingerprint density at radius 2 is 1.88 bits per heavy atom. The van der Waals surface area contributed by atoms with Crippen LogP contribution in [0.5, 0.6) is 0 Å². The number of hydrogen-bond donors (Lipinski definition) is 1. The number of carbonyl (C=O) groups excluding carboxylic acids is 1. The number of amides is 1. The molecule has 0 radical (unpaired) electrons. The van der Waals surface area contributed by atoms with Gasteiger partial charge >= 0.3 is 0 Å². The number of thioether (sulfide) groups is 1. The molecule has 2 rings (SSSR count). The van der Waals surface area contributed by atoms with Crippen molar-refractivity contribution >= 4 is 30.1 Å². The largest absolute Gasteiger partial charge is 0.342 e. The SMILES string of the molecule is CNCCC1CCN(C(=O)C(Sc2ccccc2)C(C)C)CC1.Cl. The molecule has 1 aliphatic heterocycles. The predicted octanol–water partition coefficient (Wildman–Crippen LogP) is 4.07. The van der Waals surface area contributed by atoms with Crippen molar-refractivity contribution in [1.29, 1.82) is 0 Å². The van der Waals surface area contributed by atoms with Crippen molar-refractivity contribution in [3.05, 3.63) is 30.3 Å². The lowest BCUT2D eigenvalue weighted by molar-refractivity contribution is -0.132. The van der Waals surface area contributed by atoms with Crippen LogP contribution in [0.1, 0.15) is 33.1 Å². The van der Waals surface area contributed by atoms with E-state index in [1.54, 1.807) is 11.8 Å². The molecule has 1 heterocycles. The molecule has 24 heavy (non-hydrogen) atoms. The molecule has 1 saturated heterocycles. The summed E-state index contributed by atoms with van der Waals surface area (Å²) in [5, 5.41) is 3.25. The smallest absolute Gasteiger partial charge is 0.236 e. The molecule has 1 atom stereocenters. The van der Waals surface area contributed by atoms with E-state index in [0.29, 0.717) is 11.8 Å². The molecule has 0 bridgehead atoms. The topological polar surface area (TPSA) is 32.3 Å². The van der Waals surface area contributed by atoms with Crippen LogP contribution in [-0.2, 0) is 4.79 Å². The van der Waals surface area contributed by atoms with Crippen LogP contribution in [0, 0.1) is 11.8 Å². The second-order valence-corrected chi connectivity index (χ2v) is 7.97. The Bertz CT molecular complexity index is 476. The first-order valence-electron chi connectivity index (χ1n) is 8.77. The third kappa shape index (κ3) is 6.30. The second kappa shape index (κ2) is 11.0. The standard InChI is InChI=1S/C19H30N2OS.ClH/c1-15(2)18(23-17-7-5-4-6-8-17)19(22)21-13-10-16(11-14-21)9-12-20-3;/h4-8,15-16,18,20H,9-14H2,1-3H3;1H. The Balaban J connectivity index is 0.00000288. The van der Waals surface area contributed by atoms with Crippen LogP contribution >= 0.6 is 24.2 Å². The van der Waals surface area contributed by atoms with E-state index in [9.17, 15) is 4.79 Å². The minimum Gasteiger partial charge on any atom is -0.342 e. The molecule has 1 aromatic rings. The fraction of sp³-hybridized carbons (Fsp3) is 0.632. The average molecular weight is 371 g/mol. The highest BCUT2D eigenvalue weighted by atomic mass is 35.5. The summed E-state index contributed by atoms with van der Waals surface area (Å²) in [4.78, 5) is 16.2. The van der Waals surface area contributed by atoms with Crippen molar-refractivity contribution in [1.82, 2.24) is 10.2 Å². The summed E-state index contributed by atoms with van der Waals surface area (Å²) in [7, 11) is 2.01. The molecule has 1 fully saturated rings. The molecular formula is C19H31ClN2OS. The lowest BCUT2D eigenvalue weighted by atomic mass is 9.93. The van der Waals surface area contributed by atoms with Gasteiger partial charge in [-0.15, -0.1) is 24.2 Å².